The largest absolute Gasteiger partial charge is 0.375 e. The van der Waals surface area contributed by atoms with Crippen molar-refractivity contribution in [2.24, 2.45) is 0 Å². The summed E-state index contributed by atoms with van der Waals surface area (Å²) >= 11 is 1.37. The number of amides is 4. The van der Waals surface area contributed by atoms with Crippen molar-refractivity contribution in [2.45, 2.75) is 31.7 Å². The van der Waals surface area contributed by atoms with Gasteiger partial charge in [-0.3, -0.25) is 14.7 Å². The maximum absolute atomic E-state index is 14.3. The van der Waals surface area contributed by atoms with Crippen LogP contribution in [-0.2, 0) is 29.1 Å². The lowest BCUT2D eigenvalue weighted by atomic mass is 9.99. The number of nitrogens with one attached hydrogen (secondary N) is 2. The molecule has 4 amide bonds. The molecule has 4 heterocycles. The van der Waals surface area contributed by atoms with Crippen LogP contribution in [0.4, 0.5) is 14.3 Å². The van der Waals surface area contributed by atoms with Crippen molar-refractivity contribution >= 4 is 55.4 Å². The van der Waals surface area contributed by atoms with Crippen molar-refractivity contribution in [3.8, 4) is 12.3 Å². The second kappa shape index (κ2) is 12.3. The first-order chi connectivity index (χ1) is 22.8. The number of aromatic amines is 1. The summed E-state index contributed by atoms with van der Waals surface area (Å²) in [4.78, 5) is 49.4. The number of H-pyrrole nitrogens is 1. The molecule has 4 N–H and O–H groups in total. The van der Waals surface area contributed by atoms with Gasteiger partial charge < -0.3 is 20.9 Å². The van der Waals surface area contributed by atoms with Gasteiger partial charge in [-0.05, 0) is 47.0 Å². The van der Waals surface area contributed by atoms with E-state index < -0.39 is 18.2 Å². The molecule has 0 bridgehead atoms. The van der Waals surface area contributed by atoms with Crippen molar-refractivity contribution in [1.82, 2.24) is 40.3 Å². The zero-order valence-corrected chi connectivity index (χ0v) is 25.9. The Bertz CT molecular complexity index is 2040. The summed E-state index contributed by atoms with van der Waals surface area (Å²) in [7, 11) is 0. The van der Waals surface area contributed by atoms with Crippen LogP contribution >= 0.6 is 11.3 Å². The third kappa shape index (κ3) is 5.82. The first-order valence-electron chi connectivity index (χ1n) is 14.9. The van der Waals surface area contributed by atoms with Gasteiger partial charge in [0.15, 0.2) is 5.13 Å². The zero-order valence-electron chi connectivity index (χ0n) is 25.1. The molecular formula is C33H30FN9O3S. The smallest absolute Gasteiger partial charge is 0.333 e. The summed E-state index contributed by atoms with van der Waals surface area (Å²) < 4.78 is 14.3. The van der Waals surface area contributed by atoms with Gasteiger partial charge in [0, 0.05) is 24.9 Å². The molecule has 2 aliphatic heterocycles. The Labute approximate surface area is 272 Å². The average molecular weight is 652 g/mol. The number of halogens is 1. The molecule has 2 atom stereocenters. The van der Waals surface area contributed by atoms with E-state index in [0.717, 1.165) is 32.2 Å². The molecule has 14 heteroatoms. The number of thiazole rings is 1. The number of urea groups is 1. The van der Waals surface area contributed by atoms with Crippen molar-refractivity contribution in [3.05, 3.63) is 89.4 Å². The molecule has 2 saturated heterocycles. The number of nitrogens with two attached hydrogens (primary N) is 1. The summed E-state index contributed by atoms with van der Waals surface area (Å²) in [5.41, 5.74) is 9.97. The number of aromatic nitrogens is 3. The molecule has 0 saturated carbocycles. The Morgan fingerprint density at radius 1 is 1.17 bits per heavy atom. The summed E-state index contributed by atoms with van der Waals surface area (Å²) in [5, 5.41) is 14.1. The minimum atomic E-state index is -0.842. The molecule has 0 radical (unpaired) electrons. The van der Waals surface area contributed by atoms with Gasteiger partial charge in [0.25, 0.3) is 0 Å². The van der Waals surface area contributed by atoms with Gasteiger partial charge in [-0.2, -0.15) is 10.1 Å². The second-order valence-corrected chi connectivity index (χ2v) is 12.5. The van der Waals surface area contributed by atoms with E-state index in [1.165, 1.54) is 28.5 Å². The molecule has 12 nitrogen and oxygen atoms in total. The predicted octanol–water partition coefficient (Wildman–Crippen LogP) is 3.08. The minimum Gasteiger partial charge on any atom is -0.375 e. The fourth-order valence-corrected chi connectivity index (χ4v) is 7.11. The maximum Gasteiger partial charge on any atom is 0.333 e. The minimum absolute atomic E-state index is 0.111. The SMILES string of the molecule is C#CCN(C(=O)NCc1ccc(F)cc1)N1CC(=O)N2C(Cc3ccc4[nH]ncc4c3)C(=O)N(Cc3cccc4sc(N)nc34)C[C@@H]21. The van der Waals surface area contributed by atoms with Crippen molar-refractivity contribution in [2.75, 3.05) is 25.4 Å². The lowest BCUT2D eigenvalue weighted by Gasteiger charge is -2.46. The number of rotatable bonds is 8. The highest BCUT2D eigenvalue weighted by Gasteiger charge is 2.52. The van der Waals surface area contributed by atoms with E-state index in [1.54, 1.807) is 33.1 Å². The van der Waals surface area contributed by atoms with Gasteiger partial charge in [0.05, 0.1) is 41.6 Å². The number of anilines is 1. The van der Waals surface area contributed by atoms with Crippen LogP contribution in [0.1, 0.15) is 16.7 Å². The van der Waals surface area contributed by atoms with Gasteiger partial charge in [-0.25, -0.2) is 19.2 Å². The Balaban J connectivity index is 1.21. The van der Waals surface area contributed by atoms with Crippen LogP contribution in [0.15, 0.2) is 66.9 Å². The van der Waals surface area contributed by atoms with Gasteiger partial charge in [-0.15, -0.1) is 6.42 Å². The number of hydrazine groups is 1. The summed E-state index contributed by atoms with van der Waals surface area (Å²) in [6, 6.07) is 15.9. The number of benzene rings is 3. The Morgan fingerprint density at radius 3 is 2.79 bits per heavy atom. The molecule has 2 aliphatic rings. The lowest BCUT2D eigenvalue weighted by molar-refractivity contribution is -0.157. The fraction of sp³-hybridized carbons (Fsp3) is 0.242. The lowest BCUT2D eigenvalue weighted by Crippen LogP contribution is -2.66. The van der Waals surface area contributed by atoms with Gasteiger partial charge in [0.2, 0.25) is 11.8 Å². The molecule has 2 fully saturated rings. The average Bonchev–Trinajstić information content (AvgIpc) is 3.77. The molecule has 3 aromatic carbocycles. The normalized spacial score (nSPS) is 18.1. The summed E-state index contributed by atoms with van der Waals surface area (Å²) in [5.74, 6) is 1.64. The molecule has 0 spiro atoms. The molecule has 5 aromatic rings. The number of nitrogen functional groups attached to an aromatic ring is 1. The van der Waals surface area contributed by atoms with E-state index in [-0.39, 0.29) is 56.8 Å². The standard InChI is InChI=1S/C33H30FN9O3S/c1-2-12-41(33(46)36-15-20-6-9-24(34)10-7-20)42-19-29(44)43-26(14-21-8-11-25-23(13-21)16-37-39-25)31(45)40(18-28(42)43)17-22-4-3-5-27-30(22)38-32(35)47-27/h1,3-11,13,16,26,28H,12,14-15,17-19H2,(H2,35,38)(H,36,46)(H,37,39)/t26?,28-/m1/s1. The quantitative estimate of drug-likeness (QED) is 0.219. The van der Waals surface area contributed by atoms with Gasteiger partial charge in [0.1, 0.15) is 18.0 Å². The first-order valence-corrected chi connectivity index (χ1v) is 15.8. The van der Waals surface area contributed by atoms with Crippen LogP contribution in [0, 0.1) is 18.2 Å². The topological polar surface area (TPSA) is 144 Å². The number of carbonyl (C=O) groups is 3. The number of hydrogen-bond donors (Lipinski definition) is 3. The van der Waals surface area contributed by atoms with E-state index >= 15 is 0 Å². The number of terminal acetylenes is 1. The van der Waals surface area contributed by atoms with Crippen LogP contribution in [0.3, 0.4) is 0 Å². The number of carbonyl (C=O) groups excluding carboxylic acids is 3. The van der Waals surface area contributed by atoms with E-state index in [4.69, 9.17) is 12.2 Å². The van der Waals surface area contributed by atoms with E-state index in [0.29, 0.717) is 10.7 Å². The maximum atomic E-state index is 14.3. The third-order valence-corrected chi connectivity index (χ3v) is 9.37. The monoisotopic (exact) mass is 651 g/mol. The number of piperazine rings is 1. The molecule has 47 heavy (non-hydrogen) atoms. The highest BCUT2D eigenvalue weighted by Crippen LogP contribution is 2.32. The van der Waals surface area contributed by atoms with Crippen molar-refractivity contribution < 1.29 is 18.8 Å². The Hall–Kier alpha value is -5.52. The van der Waals surface area contributed by atoms with Gasteiger partial charge >= 0.3 is 6.03 Å². The number of nitrogens with zero attached hydrogens (tertiary/aromatic N) is 6. The summed E-state index contributed by atoms with van der Waals surface area (Å²) in [6.45, 7) is 0.229. The zero-order chi connectivity index (χ0) is 32.7. The van der Waals surface area contributed by atoms with Crippen LogP contribution in [0.2, 0.25) is 0 Å². The number of para-hydroxylation sites is 1. The number of hydrogen-bond acceptors (Lipinski definition) is 8. The predicted molar refractivity (Wildman–Crippen MR) is 175 cm³/mol. The highest BCUT2D eigenvalue weighted by molar-refractivity contribution is 7.22. The first kappa shape index (κ1) is 30.2. The van der Waals surface area contributed by atoms with Crippen molar-refractivity contribution in [1.29, 1.82) is 0 Å². The van der Waals surface area contributed by atoms with E-state index in [9.17, 15) is 18.8 Å². The molecule has 238 valence electrons. The third-order valence-electron chi connectivity index (χ3n) is 8.52. The van der Waals surface area contributed by atoms with Gasteiger partial charge in [-0.1, -0.05) is 47.6 Å². The second-order valence-electron chi connectivity index (χ2n) is 11.5. The molecular weight excluding hydrogens is 621 g/mol. The van der Waals surface area contributed by atoms with Crippen LogP contribution in [-0.4, -0.2) is 84.7 Å². The molecule has 7 rings (SSSR count). The van der Waals surface area contributed by atoms with E-state index in [2.05, 4.69) is 26.4 Å². The molecule has 2 aromatic heterocycles. The van der Waals surface area contributed by atoms with Crippen LogP contribution in [0.5, 0.6) is 0 Å². The summed E-state index contributed by atoms with van der Waals surface area (Å²) in [6.07, 6.45) is 7.00. The molecule has 0 aliphatic carbocycles. The Kier molecular flexibility index (Phi) is 7.92. The number of fused-ring (bicyclic) bond motifs is 3. The van der Waals surface area contributed by atoms with Crippen molar-refractivity contribution in [3.63, 3.8) is 0 Å². The highest BCUT2D eigenvalue weighted by atomic mass is 32.1. The molecule has 1 unspecified atom stereocenters. The van der Waals surface area contributed by atoms with Crippen LogP contribution in [0.25, 0.3) is 21.1 Å². The Morgan fingerprint density at radius 2 is 1.98 bits per heavy atom. The van der Waals surface area contributed by atoms with Crippen LogP contribution < -0.4 is 11.1 Å². The fourth-order valence-electron chi connectivity index (χ4n) is 6.33. The van der Waals surface area contributed by atoms with E-state index in [1.807, 2.05) is 36.4 Å².